The number of fused-ring (bicyclic) bond motifs is 2. The average Bonchev–Trinajstić information content (AvgIpc) is 2.94. The van der Waals surface area contributed by atoms with E-state index in [0.29, 0.717) is 0 Å². The summed E-state index contributed by atoms with van der Waals surface area (Å²) in [5.74, 6) is -0.815. The van der Waals surface area contributed by atoms with E-state index in [4.69, 9.17) is 9.47 Å². The van der Waals surface area contributed by atoms with Crippen molar-refractivity contribution >= 4 is 27.3 Å². The largest absolute Gasteiger partial charge is 0.354 e. The molecule has 0 spiro atoms. The summed E-state index contributed by atoms with van der Waals surface area (Å²) in [6.45, 7) is 2.25. The molecule has 0 aliphatic carbocycles. The van der Waals surface area contributed by atoms with Gasteiger partial charge in [0.1, 0.15) is 0 Å². The van der Waals surface area contributed by atoms with Gasteiger partial charge in [0, 0.05) is 26.8 Å². The Kier molecular flexibility index (Phi) is 7.26. The van der Waals surface area contributed by atoms with E-state index in [9.17, 15) is 18.0 Å². The van der Waals surface area contributed by atoms with Gasteiger partial charge in [0.2, 0.25) is 9.84 Å². The third-order valence-corrected chi connectivity index (χ3v) is 8.02. The maximum absolute atomic E-state index is 13.7. The molecule has 3 aromatic rings. The first-order valence-corrected chi connectivity index (χ1v) is 12.8. The van der Waals surface area contributed by atoms with Crippen molar-refractivity contribution in [3.8, 4) is 0 Å². The van der Waals surface area contributed by atoms with Crippen LogP contribution in [0, 0.1) is 6.92 Å². The number of anilines is 1. The summed E-state index contributed by atoms with van der Waals surface area (Å²) in [7, 11) is 0.534. The zero-order valence-electron chi connectivity index (χ0n) is 20.6. The SMILES string of the molecule is COC(CN(C)C(=O)c1ccc2c(c1)N(Cc1cccc(C)c1)C(=O)c1ccccc1S2(=O)=O)OC. The van der Waals surface area contributed by atoms with Crippen molar-refractivity contribution in [1.82, 2.24) is 4.90 Å². The molecule has 0 bridgehead atoms. The van der Waals surface area contributed by atoms with Crippen LogP contribution in [-0.2, 0) is 25.9 Å². The summed E-state index contributed by atoms with van der Waals surface area (Å²) >= 11 is 0. The molecule has 8 nitrogen and oxygen atoms in total. The van der Waals surface area contributed by atoms with Crippen LogP contribution in [0.15, 0.2) is 76.5 Å². The van der Waals surface area contributed by atoms with E-state index < -0.39 is 22.0 Å². The van der Waals surface area contributed by atoms with Crippen molar-refractivity contribution in [2.45, 2.75) is 29.5 Å². The lowest BCUT2D eigenvalue weighted by Crippen LogP contribution is -2.36. The van der Waals surface area contributed by atoms with Crippen molar-refractivity contribution < 1.29 is 27.5 Å². The molecule has 9 heteroatoms. The fourth-order valence-corrected chi connectivity index (χ4v) is 5.89. The molecule has 36 heavy (non-hydrogen) atoms. The smallest absolute Gasteiger partial charge is 0.259 e. The quantitative estimate of drug-likeness (QED) is 0.452. The highest BCUT2D eigenvalue weighted by atomic mass is 32.2. The Morgan fingerprint density at radius 3 is 2.39 bits per heavy atom. The molecule has 2 amide bonds. The number of benzene rings is 3. The number of sulfone groups is 1. The highest BCUT2D eigenvalue weighted by Crippen LogP contribution is 2.38. The minimum atomic E-state index is -4.02. The molecule has 0 fully saturated rings. The molecule has 1 heterocycles. The number of hydrogen-bond acceptors (Lipinski definition) is 6. The third kappa shape index (κ3) is 4.77. The van der Waals surface area contributed by atoms with Crippen molar-refractivity contribution in [2.24, 2.45) is 0 Å². The first-order chi connectivity index (χ1) is 17.2. The summed E-state index contributed by atoms with van der Waals surface area (Å²) in [6.07, 6.45) is -0.617. The van der Waals surface area contributed by atoms with Crippen molar-refractivity contribution in [1.29, 1.82) is 0 Å². The number of aryl methyl sites for hydroxylation is 1. The summed E-state index contributed by atoms with van der Waals surface area (Å²) in [5, 5.41) is 0. The lowest BCUT2D eigenvalue weighted by atomic mass is 10.1. The van der Waals surface area contributed by atoms with Gasteiger partial charge in [0.15, 0.2) is 6.29 Å². The number of hydrogen-bond donors (Lipinski definition) is 0. The van der Waals surface area contributed by atoms with Gasteiger partial charge in [-0.15, -0.1) is 0 Å². The number of carbonyl (C=O) groups excluding carboxylic acids is 2. The number of rotatable bonds is 7. The maximum Gasteiger partial charge on any atom is 0.259 e. The second-order valence-electron chi connectivity index (χ2n) is 8.65. The summed E-state index contributed by atoms with van der Waals surface area (Å²) in [5.41, 5.74) is 2.34. The van der Waals surface area contributed by atoms with Crippen LogP contribution in [0.1, 0.15) is 31.8 Å². The molecule has 0 radical (unpaired) electrons. The van der Waals surface area contributed by atoms with E-state index in [1.165, 1.54) is 54.4 Å². The minimum Gasteiger partial charge on any atom is -0.354 e. The first-order valence-electron chi connectivity index (χ1n) is 11.3. The van der Waals surface area contributed by atoms with Gasteiger partial charge in [-0.3, -0.25) is 9.59 Å². The molecule has 0 N–H and O–H groups in total. The normalized spacial score (nSPS) is 14.2. The highest BCUT2D eigenvalue weighted by molar-refractivity contribution is 7.91. The van der Waals surface area contributed by atoms with E-state index in [1.54, 1.807) is 19.2 Å². The monoisotopic (exact) mass is 508 g/mol. The Labute approximate surface area is 211 Å². The molecule has 0 atom stereocenters. The van der Waals surface area contributed by atoms with Crippen LogP contribution in [0.3, 0.4) is 0 Å². The molecule has 4 rings (SSSR count). The van der Waals surface area contributed by atoms with Gasteiger partial charge in [-0.1, -0.05) is 42.0 Å². The van der Waals surface area contributed by atoms with E-state index in [0.717, 1.165) is 11.1 Å². The lowest BCUT2D eigenvalue weighted by molar-refractivity contribution is -0.110. The van der Waals surface area contributed by atoms with Crippen molar-refractivity contribution in [2.75, 3.05) is 32.7 Å². The van der Waals surface area contributed by atoms with Crippen LogP contribution < -0.4 is 4.90 Å². The van der Waals surface area contributed by atoms with Gasteiger partial charge < -0.3 is 19.3 Å². The van der Waals surface area contributed by atoms with Crippen LogP contribution in [0.25, 0.3) is 0 Å². The van der Waals surface area contributed by atoms with Gasteiger partial charge in [0.25, 0.3) is 11.8 Å². The predicted octanol–water partition coefficient (Wildman–Crippen LogP) is 3.68. The lowest BCUT2D eigenvalue weighted by Gasteiger charge is -2.25. The van der Waals surface area contributed by atoms with Crippen molar-refractivity contribution in [3.05, 3.63) is 89.0 Å². The van der Waals surface area contributed by atoms with Crippen LogP contribution in [0.5, 0.6) is 0 Å². The number of carbonyl (C=O) groups is 2. The topological polar surface area (TPSA) is 93.2 Å². The average molecular weight is 509 g/mol. The molecule has 3 aromatic carbocycles. The van der Waals surface area contributed by atoms with E-state index in [2.05, 4.69) is 0 Å². The molecule has 1 aliphatic rings. The van der Waals surface area contributed by atoms with Crippen LogP contribution in [0.4, 0.5) is 5.69 Å². The fourth-order valence-electron chi connectivity index (χ4n) is 4.26. The summed E-state index contributed by atoms with van der Waals surface area (Å²) in [4.78, 5) is 29.7. The fraction of sp³-hybridized carbons (Fsp3) is 0.259. The minimum absolute atomic E-state index is 0.0284. The van der Waals surface area contributed by atoms with Crippen LogP contribution in [-0.4, -0.2) is 59.2 Å². The molecular weight excluding hydrogens is 480 g/mol. The second-order valence-corrected chi connectivity index (χ2v) is 10.5. The number of amides is 2. The highest BCUT2D eigenvalue weighted by Gasteiger charge is 2.36. The van der Waals surface area contributed by atoms with E-state index in [1.807, 2.05) is 31.2 Å². The Morgan fingerprint density at radius 1 is 0.972 bits per heavy atom. The molecule has 0 saturated heterocycles. The number of nitrogens with zero attached hydrogens (tertiary/aromatic N) is 2. The Hall–Kier alpha value is -3.53. The van der Waals surface area contributed by atoms with Crippen LogP contribution in [0.2, 0.25) is 0 Å². The van der Waals surface area contributed by atoms with E-state index >= 15 is 0 Å². The molecule has 1 aliphatic heterocycles. The number of likely N-dealkylation sites (N-methyl/N-ethyl adjacent to an activating group) is 1. The predicted molar refractivity (Wildman–Crippen MR) is 135 cm³/mol. The second kappa shape index (κ2) is 10.2. The zero-order chi connectivity index (χ0) is 26.0. The van der Waals surface area contributed by atoms with Gasteiger partial charge in [-0.05, 0) is 42.8 Å². The van der Waals surface area contributed by atoms with Gasteiger partial charge in [-0.2, -0.15) is 0 Å². The van der Waals surface area contributed by atoms with Crippen LogP contribution >= 0.6 is 0 Å². The van der Waals surface area contributed by atoms with Gasteiger partial charge in [0.05, 0.1) is 34.1 Å². The Balaban J connectivity index is 1.85. The Bertz CT molecular complexity index is 1420. The number of ether oxygens (including phenoxy) is 2. The van der Waals surface area contributed by atoms with Gasteiger partial charge >= 0.3 is 0 Å². The maximum atomic E-state index is 13.7. The van der Waals surface area contributed by atoms with Crippen molar-refractivity contribution in [3.63, 3.8) is 0 Å². The molecule has 0 unspecified atom stereocenters. The molecule has 188 valence electrons. The van der Waals surface area contributed by atoms with E-state index in [-0.39, 0.29) is 45.6 Å². The standard InChI is InChI=1S/C27H28N2O6S/c1-18-8-7-9-19(14-18)16-29-22-15-20(26(30)28(2)17-25(34-3)35-4)12-13-24(22)36(32,33)23-11-6-5-10-21(23)27(29)31/h5-15,25H,16-17H2,1-4H3. The van der Waals surface area contributed by atoms with Gasteiger partial charge in [-0.25, -0.2) is 8.42 Å². The number of methoxy groups -OCH3 is 2. The summed E-state index contributed by atoms with van der Waals surface area (Å²) < 4.78 is 37.7. The molecule has 0 saturated carbocycles. The third-order valence-electron chi connectivity index (χ3n) is 6.16. The summed E-state index contributed by atoms with van der Waals surface area (Å²) in [6, 6.07) is 18.2. The molecule has 0 aromatic heterocycles. The Morgan fingerprint density at radius 2 is 1.69 bits per heavy atom. The zero-order valence-corrected chi connectivity index (χ0v) is 21.4. The molecular formula is C27H28N2O6S. The first kappa shape index (κ1) is 25.6.